The van der Waals surface area contributed by atoms with Crippen LogP contribution in [0.5, 0.6) is 0 Å². The number of anilines is 3. The van der Waals surface area contributed by atoms with Crippen LogP contribution in [0.15, 0.2) is 218 Å². The molecule has 0 saturated heterocycles. The van der Waals surface area contributed by atoms with Gasteiger partial charge in [-0.25, -0.2) is 0 Å². The highest BCUT2D eigenvalue weighted by Crippen LogP contribution is 2.44. The van der Waals surface area contributed by atoms with E-state index in [9.17, 15) is 0 Å². The topological polar surface area (TPSA) is 8.17 Å². The number of aromatic nitrogens is 1. The molecule has 0 bridgehead atoms. The van der Waals surface area contributed by atoms with Crippen molar-refractivity contribution in [3.63, 3.8) is 0 Å². The smallest absolute Gasteiger partial charge is 0.0562 e. The Bertz CT molecular complexity index is 2920. The molecule has 254 valence electrons. The Morgan fingerprint density at radius 1 is 0.315 bits per heavy atom. The molecule has 2 nitrogen and oxygen atoms in total. The molecule has 0 atom stereocenters. The first-order chi connectivity index (χ1) is 26.8. The van der Waals surface area contributed by atoms with Gasteiger partial charge in [-0.05, 0) is 81.6 Å². The summed E-state index contributed by atoms with van der Waals surface area (Å²) in [6, 6.07) is 78.9. The molecule has 1 aromatic heterocycles. The number of rotatable bonds is 7. The summed E-state index contributed by atoms with van der Waals surface area (Å²) in [5.41, 5.74) is 13.9. The Kier molecular flexibility index (Phi) is 7.85. The van der Waals surface area contributed by atoms with E-state index in [1.54, 1.807) is 0 Å². The molecule has 9 aromatic carbocycles. The third kappa shape index (κ3) is 5.53. The van der Waals surface area contributed by atoms with Crippen molar-refractivity contribution in [3.8, 4) is 39.1 Å². The second-order valence-corrected chi connectivity index (χ2v) is 13.8. The standard InChI is InChI=1S/C52H36N2/c1-3-15-37(16-4-1)39-29-31-43(32-30-39)53(49-24-12-10-22-46(49)42-28-27-38-17-7-8-20-41(38)35-42)44-33-34-48-47-23-11-14-26-51(47)54(52(48)36-44)50-25-13-9-21-45(50)40-18-5-2-6-19-40/h1-36H. The van der Waals surface area contributed by atoms with E-state index < -0.39 is 0 Å². The number of benzene rings is 9. The summed E-state index contributed by atoms with van der Waals surface area (Å²) in [6.07, 6.45) is 0. The predicted octanol–water partition coefficient (Wildman–Crippen LogP) is 14.4. The van der Waals surface area contributed by atoms with E-state index in [4.69, 9.17) is 0 Å². The van der Waals surface area contributed by atoms with E-state index in [0.717, 1.165) is 28.3 Å². The van der Waals surface area contributed by atoms with Crippen molar-refractivity contribution >= 4 is 49.6 Å². The van der Waals surface area contributed by atoms with Gasteiger partial charge in [-0.1, -0.05) is 170 Å². The van der Waals surface area contributed by atoms with Crippen molar-refractivity contribution in [2.45, 2.75) is 0 Å². The van der Waals surface area contributed by atoms with Crippen LogP contribution in [0.1, 0.15) is 0 Å². The number of hydrogen-bond acceptors (Lipinski definition) is 1. The van der Waals surface area contributed by atoms with Gasteiger partial charge in [0.2, 0.25) is 0 Å². The maximum absolute atomic E-state index is 2.45. The highest BCUT2D eigenvalue weighted by atomic mass is 15.1. The van der Waals surface area contributed by atoms with Gasteiger partial charge in [0.05, 0.1) is 22.4 Å². The second-order valence-electron chi connectivity index (χ2n) is 13.8. The molecule has 0 aliphatic rings. The quantitative estimate of drug-likeness (QED) is 0.162. The van der Waals surface area contributed by atoms with E-state index in [0.29, 0.717) is 0 Å². The van der Waals surface area contributed by atoms with Gasteiger partial charge >= 0.3 is 0 Å². The van der Waals surface area contributed by atoms with Crippen LogP contribution < -0.4 is 4.90 Å². The Hall–Kier alpha value is -7.16. The summed E-state index contributed by atoms with van der Waals surface area (Å²) < 4.78 is 2.45. The molecule has 10 rings (SSSR count). The lowest BCUT2D eigenvalue weighted by Gasteiger charge is -2.28. The molecular weight excluding hydrogens is 653 g/mol. The van der Waals surface area contributed by atoms with Crippen LogP contribution >= 0.6 is 0 Å². The molecule has 0 aliphatic heterocycles. The van der Waals surface area contributed by atoms with Crippen molar-refractivity contribution in [1.82, 2.24) is 4.57 Å². The molecular formula is C52H36N2. The van der Waals surface area contributed by atoms with Crippen LogP contribution in [0.25, 0.3) is 71.6 Å². The molecule has 0 amide bonds. The van der Waals surface area contributed by atoms with Crippen molar-refractivity contribution in [1.29, 1.82) is 0 Å². The maximum Gasteiger partial charge on any atom is 0.0562 e. The maximum atomic E-state index is 2.45. The Morgan fingerprint density at radius 2 is 0.889 bits per heavy atom. The van der Waals surface area contributed by atoms with Gasteiger partial charge in [0.15, 0.2) is 0 Å². The van der Waals surface area contributed by atoms with Crippen molar-refractivity contribution < 1.29 is 0 Å². The van der Waals surface area contributed by atoms with Gasteiger partial charge in [-0.2, -0.15) is 0 Å². The van der Waals surface area contributed by atoms with Crippen molar-refractivity contribution in [3.05, 3.63) is 218 Å². The van der Waals surface area contributed by atoms with Gasteiger partial charge < -0.3 is 9.47 Å². The largest absolute Gasteiger partial charge is 0.310 e. The Balaban J connectivity index is 1.21. The summed E-state index contributed by atoms with van der Waals surface area (Å²) in [6.45, 7) is 0. The molecule has 0 spiro atoms. The molecule has 54 heavy (non-hydrogen) atoms. The number of hydrogen-bond donors (Lipinski definition) is 0. The lowest BCUT2D eigenvalue weighted by Crippen LogP contribution is -2.11. The van der Waals surface area contributed by atoms with Gasteiger partial charge in [0.1, 0.15) is 0 Å². The number of para-hydroxylation sites is 3. The molecule has 0 fully saturated rings. The summed E-state index contributed by atoms with van der Waals surface area (Å²) in [4.78, 5) is 2.42. The summed E-state index contributed by atoms with van der Waals surface area (Å²) in [7, 11) is 0. The van der Waals surface area contributed by atoms with Crippen LogP contribution in [0.2, 0.25) is 0 Å². The van der Waals surface area contributed by atoms with Crippen LogP contribution in [-0.4, -0.2) is 4.57 Å². The van der Waals surface area contributed by atoms with Gasteiger partial charge in [0, 0.05) is 33.3 Å². The van der Waals surface area contributed by atoms with Crippen molar-refractivity contribution in [2.24, 2.45) is 0 Å². The zero-order valence-corrected chi connectivity index (χ0v) is 29.7. The monoisotopic (exact) mass is 688 g/mol. The van der Waals surface area contributed by atoms with E-state index in [1.807, 2.05) is 0 Å². The zero-order valence-electron chi connectivity index (χ0n) is 29.7. The molecule has 0 N–H and O–H groups in total. The third-order valence-electron chi connectivity index (χ3n) is 10.6. The van der Waals surface area contributed by atoms with E-state index in [1.165, 1.54) is 60.4 Å². The lowest BCUT2D eigenvalue weighted by atomic mass is 9.98. The Labute approximate surface area is 315 Å². The minimum atomic E-state index is 1.09. The van der Waals surface area contributed by atoms with Crippen LogP contribution in [0, 0.1) is 0 Å². The fraction of sp³-hybridized carbons (Fsp3) is 0. The van der Waals surface area contributed by atoms with E-state index in [-0.39, 0.29) is 0 Å². The van der Waals surface area contributed by atoms with Crippen LogP contribution in [0.4, 0.5) is 17.1 Å². The highest BCUT2D eigenvalue weighted by Gasteiger charge is 2.21. The third-order valence-corrected chi connectivity index (χ3v) is 10.6. The molecule has 10 aromatic rings. The number of nitrogens with zero attached hydrogens (tertiary/aromatic N) is 2. The van der Waals surface area contributed by atoms with E-state index >= 15 is 0 Å². The Morgan fingerprint density at radius 3 is 1.70 bits per heavy atom. The first kappa shape index (κ1) is 31.6. The van der Waals surface area contributed by atoms with Crippen LogP contribution in [0.3, 0.4) is 0 Å². The normalized spacial score (nSPS) is 11.3. The molecule has 2 heteroatoms. The zero-order chi connectivity index (χ0) is 35.8. The fourth-order valence-corrected chi connectivity index (χ4v) is 8.02. The van der Waals surface area contributed by atoms with Gasteiger partial charge in [-0.15, -0.1) is 0 Å². The lowest BCUT2D eigenvalue weighted by molar-refractivity contribution is 1.18. The minimum Gasteiger partial charge on any atom is -0.310 e. The van der Waals surface area contributed by atoms with Gasteiger partial charge in [-0.3, -0.25) is 0 Å². The fourth-order valence-electron chi connectivity index (χ4n) is 8.02. The van der Waals surface area contributed by atoms with Crippen LogP contribution in [-0.2, 0) is 0 Å². The summed E-state index contributed by atoms with van der Waals surface area (Å²) in [5.74, 6) is 0. The SMILES string of the molecule is c1ccc(-c2ccc(N(c3ccc4c5ccccc5n(-c5ccccc5-c5ccccc5)c4c3)c3ccccc3-c3ccc4ccccc4c3)cc2)cc1. The second kappa shape index (κ2) is 13.4. The molecule has 0 unspecified atom stereocenters. The summed E-state index contributed by atoms with van der Waals surface area (Å²) >= 11 is 0. The first-order valence-corrected chi connectivity index (χ1v) is 18.5. The van der Waals surface area contributed by atoms with E-state index in [2.05, 4.69) is 228 Å². The summed E-state index contributed by atoms with van der Waals surface area (Å²) in [5, 5.41) is 4.92. The number of fused-ring (bicyclic) bond motifs is 4. The first-order valence-electron chi connectivity index (χ1n) is 18.5. The molecule has 0 saturated carbocycles. The molecule has 0 aliphatic carbocycles. The minimum absolute atomic E-state index is 1.09. The molecule has 1 heterocycles. The predicted molar refractivity (Wildman–Crippen MR) is 229 cm³/mol. The highest BCUT2D eigenvalue weighted by molar-refractivity contribution is 6.11. The van der Waals surface area contributed by atoms with Crippen molar-refractivity contribution in [2.75, 3.05) is 4.90 Å². The molecule has 0 radical (unpaired) electrons. The average Bonchev–Trinajstić information content (AvgIpc) is 3.58. The average molecular weight is 689 g/mol. The van der Waals surface area contributed by atoms with Gasteiger partial charge in [0.25, 0.3) is 0 Å².